The van der Waals surface area contributed by atoms with E-state index in [-0.39, 0.29) is 47.8 Å². The van der Waals surface area contributed by atoms with Gasteiger partial charge >= 0.3 is 0 Å². The van der Waals surface area contributed by atoms with E-state index in [9.17, 15) is 9.59 Å². The van der Waals surface area contributed by atoms with Crippen LogP contribution in [0.3, 0.4) is 0 Å². The summed E-state index contributed by atoms with van der Waals surface area (Å²) in [4.78, 5) is 30.7. The predicted octanol–water partition coefficient (Wildman–Crippen LogP) is 2.37. The Hall–Kier alpha value is -1.84. The lowest BCUT2D eigenvalue weighted by Gasteiger charge is -2.20. The summed E-state index contributed by atoms with van der Waals surface area (Å²) in [6.07, 6.45) is 0.912. The molecule has 1 unspecified atom stereocenters. The Labute approximate surface area is 191 Å². The van der Waals surface area contributed by atoms with Gasteiger partial charge in [0, 0.05) is 43.7 Å². The molecule has 7 nitrogen and oxygen atoms in total. The number of carbonyl (C=O) groups excluding carboxylic acids is 2. The molecule has 29 heavy (non-hydrogen) atoms. The second-order valence-corrected chi connectivity index (χ2v) is 7.32. The van der Waals surface area contributed by atoms with Crippen molar-refractivity contribution >= 4 is 41.8 Å². The number of nitrogens with one attached hydrogen (secondary N) is 3. The molecule has 3 N–H and O–H groups in total. The van der Waals surface area contributed by atoms with Crippen LogP contribution < -0.4 is 16.0 Å². The van der Waals surface area contributed by atoms with E-state index in [0.29, 0.717) is 25.2 Å². The summed E-state index contributed by atoms with van der Waals surface area (Å²) in [6.45, 7) is 11.1. The van der Waals surface area contributed by atoms with Crippen LogP contribution in [0.5, 0.6) is 0 Å². The quantitative estimate of drug-likeness (QED) is 0.296. The molecule has 0 saturated carbocycles. The van der Waals surface area contributed by atoms with Crippen molar-refractivity contribution in [2.24, 2.45) is 10.9 Å². The van der Waals surface area contributed by atoms with Gasteiger partial charge in [-0.05, 0) is 38.0 Å². The summed E-state index contributed by atoms with van der Waals surface area (Å²) >= 11 is 0. The number of likely N-dealkylation sites (tertiary alicyclic amines) is 1. The van der Waals surface area contributed by atoms with Gasteiger partial charge in [-0.3, -0.25) is 9.59 Å². The second kappa shape index (κ2) is 12.7. The first-order valence-electron chi connectivity index (χ1n) is 10.1. The van der Waals surface area contributed by atoms with Crippen LogP contribution in [0, 0.1) is 5.92 Å². The fraction of sp³-hybridized carbons (Fsp3) is 0.571. The van der Waals surface area contributed by atoms with Crippen LogP contribution in [-0.2, 0) is 11.3 Å². The average molecular weight is 515 g/mol. The maximum absolute atomic E-state index is 12.2. The Bertz CT molecular complexity index is 708. The lowest BCUT2D eigenvalue weighted by molar-refractivity contribution is -0.133. The molecule has 0 spiro atoms. The molecule has 162 valence electrons. The van der Waals surface area contributed by atoms with Gasteiger partial charge in [0.25, 0.3) is 5.91 Å². The first-order chi connectivity index (χ1) is 13.4. The first-order valence-corrected chi connectivity index (χ1v) is 10.1. The molecule has 2 amide bonds. The zero-order chi connectivity index (χ0) is 20.5. The van der Waals surface area contributed by atoms with Crippen LogP contribution in [0.25, 0.3) is 0 Å². The Morgan fingerprint density at radius 2 is 1.93 bits per heavy atom. The van der Waals surface area contributed by atoms with Crippen LogP contribution in [0.15, 0.2) is 29.3 Å². The molecule has 1 aromatic rings. The highest BCUT2D eigenvalue weighted by Crippen LogP contribution is 2.13. The standard InChI is InChI=1S/C21H33N5O2.HI/c1-5-22-19(27)17-9-7-8-16(12-17)13-24-21(23-6-2)25-18-10-11-26(14-18)20(28)15(3)4;/h7-9,12,15,18H,5-6,10-11,13-14H2,1-4H3,(H,22,27)(H2,23,24,25);1H. The Morgan fingerprint density at radius 3 is 2.59 bits per heavy atom. The van der Waals surface area contributed by atoms with Gasteiger partial charge in [-0.25, -0.2) is 4.99 Å². The summed E-state index contributed by atoms with van der Waals surface area (Å²) in [7, 11) is 0. The maximum atomic E-state index is 12.2. The van der Waals surface area contributed by atoms with Crippen molar-refractivity contribution in [2.75, 3.05) is 26.2 Å². The van der Waals surface area contributed by atoms with Crippen molar-refractivity contribution in [2.45, 2.75) is 46.7 Å². The van der Waals surface area contributed by atoms with Crippen LogP contribution in [0.2, 0.25) is 0 Å². The van der Waals surface area contributed by atoms with Gasteiger partial charge in [-0.2, -0.15) is 0 Å². The molecule has 1 aliphatic rings. The number of rotatable bonds is 7. The van der Waals surface area contributed by atoms with Crippen molar-refractivity contribution < 1.29 is 9.59 Å². The molecule has 0 bridgehead atoms. The van der Waals surface area contributed by atoms with Crippen LogP contribution in [0.1, 0.15) is 50.0 Å². The molecule has 0 aromatic heterocycles. The number of guanidine groups is 1. The summed E-state index contributed by atoms with van der Waals surface area (Å²) in [5, 5.41) is 9.51. The highest BCUT2D eigenvalue weighted by molar-refractivity contribution is 14.0. The van der Waals surface area contributed by atoms with E-state index in [1.165, 1.54) is 0 Å². The van der Waals surface area contributed by atoms with Gasteiger partial charge in [-0.1, -0.05) is 26.0 Å². The molecule has 2 rings (SSSR count). The summed E-state index contributed by atoms with van der Waals surface area (Å²) < 4.78 is 0. The minimum atomic E-state index is -0.0702. The number of aliphatic imine (C=N–C) groups is 1. The van der Waals surface area contributed by atoms with Gasteiger partial charge in [0.05, 0.1) is 6.54 Å². The number of halogens is 1. The molecule has 1 atom stereocenters. The van der Waals surface area contributed by atoms with Gasteiger partial charge in [0.2, 0.25) is 5.91 Å². The normalized spacial score (nSPS) is 16.4. The SMILES string of the molecule is CCNC(=O)c1cccc(CN=C(NCC)NC2CCN(C(=O)C(C)C)C2)c1.I. The predicted molar refractivity (Wildman–Crippen MR) is 128 cm³/mol. The smallest absolute Gasteiger partial charge is 0.251 e. The third-order valence-electron chi connectivity index (χ3n) is 4.63. The van der Waals surface area contributed by atoms with Gasteiger partial charge < -0.3 is 20.9 Å². The topological polar surface area (TPSA) is 85.8 Å². The Balaban J connectivity index is 0.00000420. The lowest BCUT2D eigenvalue weighted by Crippen LogP contribution is -2.45. The number of carbonyl (C=O) groups is 2. The molecule has 8 heteroatoms. The molecule has 0 radical (unpaired) electrons. The Kier molecular flexibility index (Phi) is 11.0. The van der Waals surface area contributed by atoms with E-state index in [4.69, 9.17) is 0 Å². The van der Waals surface area contributed by atoms with Crippen molar-refractivity contribution in [1.29, 1.82) is 0 Å². The van der Waals surface area contributed by atoms with E-state index in [1.807, 2.05) is 50.8 Å². The molecular weight excluding hydrogens is 481 g/mol. The Morgan fingerprint density at radius 1 is 1.21 bits per heavy atom. The number of nitrogens with zero attached hydrogens (tertiary/aromatic N) is 2. The zero-order valence-electron chi connectivity index (χ0n) is 17.8. The van der Waals surface area contributed by atoms with E-state index in [1.54, 1.807) is 6.07 Å². The molecular formula is C21H34IN5O2. The van der Waals surface area contributed by atoms with E-state index in [0.717, 1.165) is 31.0 Å². The van der Waals surface area contributed by atoms with E-state index in [2.05, 4.69) is 20.9 Å². The lowest BCUT2D eigenvalue weighted by atomic mass is 10.1. The van der Waals surface area contributed by atoms with E-state index < -0.39 is 0 Å². The monoisotopic (exact) mass is 515 g/mol. The minimum Gasteiger partial charge on any atom is -0.357 e. The van der Waals surface area contributed by atoms with Gasteiger partial charge in [0.1, 0.15) is 0 Å². The highest BCUT2D eigenvalue weighted by Gasteiger charge is 2.27. The molecule has 1 heterocycles. The molecule has 1 aromatic carbocycles. The summed E-state index contributed by atoms with van der Waals surface area (Å²) in [5.41, 5.74) is 1.62. The fourth-order valence-electron chi connectivity index (χ4n) is 3.20. The van der Waals surface area contributed by atoms with Crippen molar-refractivity contribution in [3.8, 4) is 0 Å². The van der Waals surface area contributed by atoms with Gasteiger partial charge in [-0.15, -0.1) is 24.0 Å². The van der Waals surface area contributed by atoms with Crippen LogP contribution in [0.4, 0.5) is 0 Å². The van der Waals surface area contributed by atoms with Gasteiger partial charge in [0.15, 0.2) is 5.96 Å². The number of amides is 2. The van der Waals surface area contributed by atoms with E-state index >= 15 is 0 Å². The third-order valence-corrected chi connectivity index (χ3v) is 4.63. The largest absolute Gasteiger partial charge is 0.357 e. The molecule has 0 aliphatic carbocycles. The fourth-order valence-corrected chi connectivity index (χ4v) is 3.20. The first kappa shape index (κ1) is 25.2. The second-order valence-electron chi connectivity index (χ2n) is 7.32. The third kappa shape index (κ3) is 7.83. The van der Waals surface area contributed by atoms with Crippen molar-refractivity contribution in [1.82, 2.24) is 20.9 Å². The molecule has 1 aliphatic heterocycles. The number of hydrogen-bond donors (Lipinski definition) is 3. The summed E-state index contributed by atoms with van der Waals surface area (Å²) in [5.74, 6) is 0.889. The number of benzene rings is 1. The van der Waals surface area contributed by atoms with Crippen molar-refractivity contribution in [3.63, 3.8) is 0 Å². The average Bonchev–Trinajstić information content (AvgIpc) is 3.14. The minimum absolute atomic E-state index is 0. The van der Waals surface area contributed by atoms with Crippen LogP contribution >= 0.6 is 24.0 Å². The molecule has 1 saturated heterocycles. The highest BCUT2D eigenvalue weighted by atomic mass is 127. The zero-order valence-corrected chi connectivity index (χ0v) is 20.2. The maximum Gasteiger partial charge on any atom is 0.251 e. The molecule has 1 fully saturated rings. The number of hydrogen-bond acceptors (Lipinski definition) is 3. The van der Waals surface area contributed by atoms with Crippen molar-refractivity contribution in [3.05, 3.63) is 35.4 Å². The summed E-state index contributed by atoms with van der Waals surface area (Å²) in [6, 6.07) is 7.72. The van der Waals surface area contributed by atoms with Crippen LogP contribution in [-0.4, -0.2) is 54.9 Å².